The number of carboxylic acid groups (broad SMARTS) is 1. The molecule has 0 aliphatic carbocycles. The number of sulfone groups is 1. The van der Waals surface area contributed by atoms with Crippen molar-refractivity contribution in [2.24, 2.45) is 0 Å². The molecule has 7 heteroatoms. The van der Waals surface area contributed by atoms with Gasteiger partial charge in [-0.05, 0) is 18.6 Å². The van der Waals surface area contributed by atoms with Crippen LogP contribution in [0.1, 0.15) is 36.5 Å². The normalized spacial score (nSPS) is 11.5. The molecule has 1 rings (SSSR count). The van der Waals surface area contributed by atoms with Gasteiger partial charge in [0.05, 0.1) is 11.3 Å². The molecule has 0 aliphatic heterocycles. The fraction of sp³-hybridized carbons (Fsp3) is 0.417. The Hall–Kier alpha value is -1.50. The van der Waals surface area contributed by atoms with Crippen LogP contribution >= 0.6 is 0 Å². The summed E-state index contributed by atoms with van der Waals surface area (Å²) in [7, 11) is -4.02. The van der Waals surface area contributed by atoms with E-state index in [1.54, 1.807) is 0 Å². The van der Waals surface area contributed by atoms with Crippen LogP contribution in [-0.4, -0.2) is 25.2 Å². The summed E-state index contributed by atoms with van der Waals surface area (Å²) < 4.78 is 50.4. The van der Waals surface area contributed by atoms with E-state index >= 15 is 0 Å². The predicted octanol–water partition coefficient (Wildman–Crippen LogP) is 2.63. The summed E-state index contributed by atoms with van der Waals surface area (Å²) in [6, 6.07) is 1.12. The molecule has 0 bridgehead atoms. The molecule has 0 aliphatic rings. The molecule has 0 amide bonds. The van der Waals surface area contributed by atoms with Crippen molar-refractivity contribution in [1.29, 1.82) is 0 Å². The van der Waals surface area contributed by atoms with Crippen LogP contribution in [0.25, 0.3) is 0 Å². The van der Waals surface area contributed by atoms with Crippen molar-refractivity contribution in [1.82, 2.24) is 0 Å². The summed E-state index contributed by atoms with van der Waals surface area (Å²) in [5.74, 6) is -4.85. The molecule has 1 aromatic carbocycles. The maximum absolute atomic E-state index is 13.5. The van der Waals surface area contributed by atoms with E-state index in [4.69, 9.17) is 5.11 Å². The van der Waals surface area contributed by atoms with E-state index in [2.05, 4.69) is 0 Å². The lowest BCUT2D eigenvalue weighted by molar-refractivity contribution is 0.0696. The van der Waals surface area contributed by atoms with Crippen LogP contribution in [0.4, 0.5) is 8.78 Å². The van der Waals surface area contributed by atoms with Crippen LogP contribution in [0.15, 0.2) is 17.0 Å². The molecule has 0 heterocycles. The summed E-state index contributed by atoms with van der Waals surface area (Å²) in [5.41, 5.74) is -0.590. The van der Waals surface area contributed by atoms with Crippen molar-refractivity contribution in [3.63, 3.8) is 0 Å². The monoisotopic (exact) mass is 292 g/mol. The van der Waals surface area contributed by atoms with Gasteiger partial charge in [-0.25, -0.2) is 22.0 Å². The Morgan fingerprint density at radius 2 is 1.89 bits per heavy atom. The minimum atomic E-state index is -4.02. The van der Waals surface area contributed by atoms with Gasteiger partial charge in [0.25, 0.3) is 0 Å². The molecule has 0 aromatic heterocycles. The second-order valence-electron chi connectivity index (χ2n) is 4.10. The average Bonchev–Trinajstić information content (AvgIpc) is 2.32. The lowest BCUT2D eigenvalue weighted by atomic mass is 10.2. The highest BCUT2D eigenvalue weighted by Crippen LogP contribution is 2.22. The number of halogens is 2. The highest BCUT2D eigenvalue weighted by molar-refractivity contribution is 7.91. The van der Waals surface area contributed by atoms with Gasteiger partial charge in [0.15, 0.2) is 21.5 Å². The summed E-state index contributed by atoms with van der Waals surface area (Å²) in [5, 5.41) is 8.72. The van der Waals surface area contributed by atoms with E-state index in [-0.39, 0.29) is 5.75 Å². The molecule has 0 unspecified atom stereocenters. The van der Waals surface area contributed by atoms with Crippen molar-refractivity contribution in [2.45, 2.75) is 31.1 Å². The highest BCUT2D eigenvalue weighted by atomic mass is 32.2. The first-order chi connectivity index (χ1) is 8.79. The predicted molar refractivity (Wildman–Crippen MR) is 64.9 cm³/mol. The van der Waals surface area contributed by atoms with Gasteiger partial charge in [-0.1, -0.05) is 19.8 Å². The second-order valence-corrected chi connectivity index (χ2v) is 6.18. The molecule has 0 saturated carbocycles. The van der Waals surface area contributed by atoms with Crippen molar-refractivity contribution in [3.8, 4) is 0 Å². The number of unbranched alkanes of at least 4 members (excludes halogenated alkanes) is 2. The average molecular weight is 292 g/mol. The minimum absolute atomic E-state index is 0.317. The molecule has 0 atom stereocenters. The van der Waals surface area contributed by atoms with Crippen molar-refractivity contribution < 1.29 is 27.1 Å². The zero-order valence-corrected chi connectivity index (χ0v) is 11.1. The zero-order valence-electron chi connectivity index (χ0n) is 10.3. The van der Waals surface area contributed by atoms with Crippen molar-refractivity contribution in [2.75, 3.05) is 5.75 Å². The van der Waals surface area contributed by atoms with Crippen LogP contribution < -0.4 is 0 Å². The van der Waals surface area contributed by atoms with Crippen LogP contribution in [-0.2, 0) is 9.84 Å². The maximum atomic E-state index is 13.5. The molecule has 1 N–H and O–H groups in total. The largest absolute Gasteiger partial charge is 0.478 e. The first-order valence-electron chi connectivity index (χ1n) is 5.74. The molecule has 106 valence electrons. The quantitative estimate of drug-likeness (QED) is 0.818. The van der Waals surface area contributed by atoms with Crippen molar-refractivity contribution in [3.05, 3.63) is 29.3 Å². The Morgan fingerprint density at radius 1 is 1.26 bits per heavy atom. The van der Waals surface area contributed by atoms with Gasteiger partial charge >= 0.3 is 5.97 Å². The van der Waals surface area contributed by atoms with Gasteiger partial charge in [0, 0.05) is 0 Å². The van der Waals surface area contributed by atoms with E-state index in [9.17, 15) is 22.0 Å². The number of carbonyl (C=O) groups is 1. The number of hydrogen-bond acceptors (Lipinski definition) is 3. The fourth-order valence-electron chi connectivity index (χ4n) is 1.57. The first kappa shape index (κ1) is 15.6. The third-order valence-corrected chi connectivity index (χ3v) is 4.39. The molecular formula is C12H14F2O4S. The third kappa shape index (κ3) is 3.73. The smallest absolute Gasteiger partial charge is 0.335 e. The summed E-state index contributed by atoms with van der Waals surface area (Å²) in [4.78, 5) is 9.83. The molecule has 0 radical (unpaired) electrons. The molecule has 1 aromatic rings. The number of carboxylic acids is 1. The van der Waals surface area contributed by atoms with Gasteiger partial charge < -0.3 is 5.11 Å². The molecule has 0 spiro atoms. The van der Waals surface area contributed by atoms with E-state index < -0.39 is 37.9 Å². The van der Waals surface area contributed by atoms with Gasteiger partial charge in [0.1, 0.15) is 4.90 Å². The maximum Gasteiger partial charge on any atom is 0.335 e. The Balaban J connectivity index is 3.21. The Bertz CT molecular complexity index is 582. The second kappa shape index (κ2) is 6.10. The van der Waals surface area contributed by atoms with Gasteiger partial charge in [-0.2, -0.15) is 0 Å². The van der Waals surface area contributed by atoms with Gasteiger partial charge in [-0.3, -0.25) is 0 Å². The van der Waals surface area contributed by atoms with Gasteiger partial charge in [0.2, 0.25) is 0 Å². The number of rotatable bonds is 6. The molecule has 0 saturated heterocycles. The van der Waals surface area contributed by atoms with Crippen LogP contribution in [0.5, 0.6) is 0 Å². The molecule has 19 heavy (non-hydrogen) atoms. The highest BCUT2D eigenvalue weighted by Gasteiger charge is 2.24. The van der Waals surface area contributed by atoms with Gasteiger partial charge in [-0.15, -0.1) is 0 Å². The first-order valence-corrected chi connectivity index (χ1v) is 7.40. The Kier molecular flexibility index (Phi) is 4.99. The van der Waals surface area contributed by atoms with Crippen LogP contribution in [0.2, 0.25) is 0 Å². The Labute approximate surface area is 110 Å². The van der Waals surface area contributed by atoms with E-state index in [1.807, 2.05) is 6.92 Å². The lowest BCUT2D eigenvalue weighted by Gasteiger charge is -2.07. The number of hydrogen-bond donors (Lipinski definition) is 1. The number of aromatic carboxylic acids is 1. The zero-order chi connectivity index (χ0) is 14.6. The standard InChI is InChI=1S/C12H14F2O4S/c1-2-3-4-5-19(17,18)10-7-8(12(15)16)6-9(13)11(10)14/h6-7H,2-5H2,1H3,(H,15,16). The lowest BCUT2D eigenvalue weighted by Crippen LogP contribution is -2.12. The fourth-order valence-corrected chi connectivity index (χ4v) is 3.05. The Morgan fingerprint density at radius 3 is 2.42 bits per heavy atom. The van der Waals surface area contributed by atoms with Crippen molar-refractivity contribution >= 4 is 15.8 Å². The molecular weight excluding hydrogens is 278 g/mol. The number of benzene rings is 1. The van der Waals surface area contributed by atoms with E-state index in [0.717, 1.165) is 6.42 Å². The third-order valence-electron chi connectivity index (χ3n) is 2.59. The molecule has 0 fully saturated rings. The summed E-state index contributed by atoms with van der Waals surface area (Å²) in [6.45, 7) is 1.87. The van der Waals surface area contributed by atoms with E-state index in [0.29, 0.717) is 25.0 Å². The SMILES string of the molecule is CCCCCS(=O)(=O)c1cc(C(=O)O)cc(F)c1F. The topological polar surface area (TPSA) is 71.4 Å². The minimum Gasteiger partial charge on any atom is -0.478 e. The van der Waals surface area contributed by atoms with E-state index in [1.165, 1.54) is 0 Å². The summed E-state index contributed by atoms with van der Waals surface area (Å²) in [6.07, 6.45) is 1.74. The molecule has 4 nitrogen and oxygen atoms in total. The summed E-state index contributed by atoms with van der Waals surface area (Å²) >= 11 is 0. The van der Waals surface area contributed by atoms with Crippen LogP contribution in [0.3, 0.4) is 0 Å². The van der Waals surface area contributed by atoms with Crippen LogP contribution in [0, 0.1) is 11.6 Å².